The molecular formula is C15H13NO4. The number of benzene rings is 1. The van der Waals surface area contributed by atoms with E-state index in [1.165, 1.54) is 13.2 Å². The zero-order valence-electron chi connectivity index (χ0n) is 11.1. The highest BCUT2D eigenvalue weighted by Gasteiger charge is 2.20. The number of rotatable bonds is 3. The molecule has 0 spiro atoms. The van der Waals surface area contributed by atoms with Gasteiger partial charge in [-0.15, -0.1) is 0 Å². The number of nitrogens with zero attached hydrogens (tertiary/aromatic N) is 1. The van der Waals surface area contributed by atoms with Crippen molar-refractivity contribution in [3.8, 4) is 11.1 Å². The second-order valence-electron chi connectivity index (χ2n) is 4.18. The third-order valence-corrected chi connectivity index (χ3v) is 2.89. The van der Waals surface area contributed by atoms with E-state index in [9.17, 15) is 9.59 Å². The Kier molecular flexibility index (Phi) is 3.79. The second kappa shape index (κ2) is 5.52. The molecule has 0 unspecified atom stereocenters. The number of carboxylic acids is 1. The fourth-order valence-electron chi connectivity index (χ4n) is 1.99. The normalized spacial score (nSPS) is 10.1. The van der Waals surface area contributed by atoms with Gasteiger partial charge in [-0.2, -0.15) is 0 Å². The zero-order chi connectivity index (χ0) is 14.7. The Morgan fingerprint density at radius 2 is 1.85 bits per heavy atom. The number of pyridine rings is 1. The van der Waals surface area contributed by atoms with Gasteiger partial charge in [-0.05, 0) is 18.6 Å². The van der Waals surface area contributed by atoms with Gasteiger partial charge in [0.1, 0.15) is 5.69 Å². The summed E-state index contributed by atoms with van der Waals surface area (Å²) in [5.74, 6) is -1.67. The maximum atomic E-state index is 11.9. The Hall–Kier alpha value is -2.69. The molecule has 0 amide bonds. The van der Waals surface area contributed by atoms with Crippen molar-refractivity contribution in [3.63, 3.8) is 0 Å². The first kappa shape index (κ1) is 13.7. The van der Waals surface area contributed by atoms with Gasteiger partial charge < -0.3 is 9.84 Å². The Morgan fingerprint density at radius 3 is 2.40 bits per heavy atom. The van der Waals surface area contributed by atoms with Crippen LogP contribution in [0.5, 0.6) is 0 Å². The largest absolute Gasteiger partial charge is 0.477 e. The molecule has 0 fully saturated rings. The molecule has 1 heterocycles. The van der Waals surface area contributed by atoms with Crippen molar-refractivity contribution in [3.05, 3.63) is 53.3 Å². The first-order chi connectivity index (χ1) is 9.54. The Bertz CT molecular complexity index is 665. The lowest BCUT2D eigenvalue weighted by Gasteiger charge is -2.11. The van der Waals surface area contributed by atoms with Crippen molar-refractivity contribution in [2.24, 2.45) is 0 Å². The van der Waals surface area contributed by atoms with Crippen LogP contribution in [0.2, 0.25) is 0 Å². The van der Waals surface area contributed by atoms with E-state index in [1.807, 2.05) is 18.2 Å². The first-order valence-corrected chi connectivity index (χ1v) is 5.93. The van der Waals surface area contributed by atoms with Crippen LogP contribution in [0.1, 0.15) is 26.5 Å². The molecule has 0 saturated carbocycles. The number of carbonyl (C=O) groups is 2. The number of carboxylic acid groups (broad SMARTS) is 1. The molecule has 102 valence electrons. The third kappa shape index (κ3) is 2.51. The van der Waals surface area contributed by atoms with Crippen LogP contribution in [0.25, 0.3) is 11.1 Å². The average molecular weight is 271 g/mol. The summed E-state index contributed by atoms with van der Waals surface area (Å²) in [6.45, 7) is 1.59. The zero-order valence-corrected chi connectivity index (χ0v) is 11.1. The van der Waals surface area contributed by atoms with Crippen LogP contribution >= 0.6 is 0 Å². The molecule has 5 heteroatoms. The lowest BCUT2D eigenvalue weighted by atomic mass is 9.98. The van der Waals surface area contributed by atoms with E-state index in [2.05, 4.69) is 4.98 Å². The molecule has 0 radical (unpaired) electrons. The SMILES string of the molecule is COC(=O)c1c(-c2ccccc2)cc(C(=O)O)nc1C. The van der Waals surface area contributed by atoms with E-state index in [0.29, 0.717) is 11.3 Å². The van der Waals surface area contributed by atoms with Gasteiger partial charge in [-0.3, -0.25) is 0 Å². The highest BCUT2D eigenvalue weighted by atomic mass is 16.5. The summed E-state index contributed by atoms with van der Waals surface area (Å²) in [6.07, 6.45) is 0. The second-order valence-corrected chi connectivity index (χ2v) is 4.18. The van der Waals surface area contributed by atoms with Crippen LogP contribution in [0, 0.1) is 6.92 Å². The molecule has 0 aliphatic heterocycles. The molecule has 1 aromatic heterocycles. The molecule has 20 heavy (non-hydrogen) atoms. The fourth-order valence-corrected chi connectivity index (χ4v) is 1.99. The maximum absolute atomic E-state index is 11.9. The minimum atomic E-state index is -1.14. The molecule has 0 aliphatic carbocycles. The van der Waals surface area contributed by atoms with E-state index < -0.39 is 11.9 Å². The van der Waals surface area contributed by atoms with Crippen molar-refractivity contribution in [1.82, 2.24) is 4.98 Å². The number of methoxy groups -OCH3 is 1. The van der Waals surface area contributed by atoms with E-state index in [1.54, 1.807) is 19.1 Å². The Labute approximate surface area is 115 Å². The van der Waals surface area contributed by atoms with Crippen LogP contribution < -0.4 is 0 Å². The topological polar surface area (TPSA) is 76.5 Å². The van der Waals surface area contributed by atoms with Crippen LogP contribution in [0.15, 0.2) is 36.4 Å². The van der Waals surface area contributed by atoms with Gasteiger partial charge in [0.15, 0.2) is 0 Å². The number of aromatic nitrogens is 1. The maximum Gasteiger partial charge on any atom is 0.354 e. The first-order valence-electron chi connectivity index (χ1n) is 5.93. The van der Waals surface area contributed by atoms with Gasteiger partial charge in [-0.25, -0.2) is 14.6 Å². The Morgan fingerprint density at radius 1 is 1.20 bits per heavy atom. The predicted octanol–water partition coefficient (Wildman–Crippen LogP) is 2.54. The molecular weight excluding hydrogens is 258 g/mol. The lowest BCUT2D eigenvalue weighted by Crippen LogP contribution is -2.11. The number of carbonyl (C=O) groups excluding carboxylic acids is 1. The lowest BCUT2D eigenvalue weighted by molar-refractivity contribution is 0.0597. The molecule has 1 N–H and O–H groups in total. The Balaban J connectivity index is 2.74. The minimum Gasteiger partial charge on any atom is -0.477 e. The molecule has 0 bridgehead atoms. The van der Waals surface area contributed by atoms with Crippen molar-refractivity contribution >= 4 is 11.9 Å². The number of aromatic carboxylic acids is 1. The quantitative estimate of drug-likeness (QED) is 0.868. The molecule has 0 saturated heterocycles. The van der Waals surface area contributed by atoms with Crippen molar-refractivity contribution in [2.45, 2.75) is 6.92 Å². The van der Waals surface area contributed by atoms with Crippen LogP contribution in [0.3, 0.4) is 0 Å². The summed E-state index contributed by atoms with van der Waals surface area (Å²) in [4.78, 5) is 26.9. The molecule has 0 aliphatic rings. The standard InChI is InChI=1S/C15H13NO4/c1-9-13(15(19)20-2)11(8-12(16-9)14(17)18)10-6-4-3-5-7-10/h3-8H,1-2H3,(H,17,18). The number of esters is 1. The average Bonchev–Trinajstić information content (AvgIpc) is 2.46. The number of hydrogen-bond acceptors (Lipinski definition) is 4. The van der Waals surface area contributed by atoms with E-state index >= 15 is 0 Å². The minimum absolute atomic E-state index is 0.103. The number of ether oxygens (including phenoxy) is 1. The van der Waals surface area contributed by atoms with Crippen molar-refractivity contribution in [1.29, 1.82) is 0 Å². The third-order valence-electron chi connectivity index (χ3n) is 2.89. The molecule has 2 rings (SSSR count). The van der Waals surface area contributed by atoms with Gasteiger partial charge in [0.25, 0.3) is 0 Å². The summed E-state index contributed by atoms with van der Waals surface area (Å²) in [5, 5.41) is 9.09. The fraction of sp³-hybridized carbons (Fsp3) is 0.133. The molecule has 0 atom stereocenters. The van der Waals surface area contributed by atoms with Gasteiger partial charge in [0.05, 0.1) is 18.4 Å². The highest BCUT2D eigenvalue weighted by molar-refractivity contribution is 6.00. The van der Waals surface area contributed by atoms with Crippen LogP contribution in [0.4, 0.5) is 0 Å². The van der Waals surface area contributed by atoms with Crippen LogP contribution in [-0.4, -0.2) is 29.1 Å². The van der Waals surface area contributed by atoms with Crippen LogP contribution in [-0.2, 0) is 4.74 Å². The van der Waals surface area contributed by atoms with Crippen molar-refractivity contribution in [2.75, 3.05) is 7.11 Å². The van der Waals surface area contributed by atoms with Gasteiger partial charge >= 0.3 is 11.9 Å². The van der Waals surface area contributed by atoms with E-state index in [-0.39, 0.29) is 11.3 Å². The summed E-state index contributed by atoms with van der Waals surface area (Å²) in [7, 11) is 1.28. The van der Waals surface area contributed by atoms with E-state index in [0.717, 1.165) is 5.56 Å². The highest BCUT2D eigenvalue weighted by Crippen LogP contribution is 2.27. The molecule has 1 aromatic carbocycles. The number of aryl methyl sites for hydroxylation is 1. The summed E-state index contributed by atoms with van der Waals surface area (Å²) < 4.78 is 4.75. The molecule has 5 nitrogen and oxygen atoms in total. The number of hydrogen-bond donors (Lipinski definition) is 1. The summed E-state index contributed by atoms with van der Waals surface area (Å²) in [6, 6.07) is 10.4. The van der Waals surface area contributed by atoms with Gasteiger partial charge in [-0.1, -0.05) is 30.3 Å². The monoisotopic (exact) mass is 271 g/mol. The van der Waals surface area contributed by atoms with E-state index in [4.69, 9.17) is 9.84 Å². The molecule has 2 aromatic rings. The van der Waals surface area contributed by atoms with Gasteiger partial charge in [0.2, 0.25) is 0 Å². The summed E-state index contributed by atoms with van der Waals surface area (Å²) in [5.41, 5.74) is 1.75. The smallest absolute Gasteiger partial charge is 0.354 e. The summed E-state index contributed by atoms with van der Waals surface area (Å²) >= 11 is 0. The van der Waals surface area contributed by atoms with Gasteiger partial charge in [0, 0.05) is 5.56 Å². The van der Waals surface area contributed by atoms with Crippen molar-refractivity contribution < 1.29 is 19.4 Å². The predicted molar refractivity (Wildman–Crippen MR) is 72.7 cm³/mol.